The van der Waals surface area contributed by atoms with Gasteiger partial charge in [0.25, 0.3) is 0 Å². The molecule has 0 radical (unpaired) electrons. The first-order chi connectivity index (χ1) is 20.5. The third-order valence-corrected chi connectivity index (χ3v) is 6.50. The molecule has 1 fully saturated rings. The molecule has 0 unspecified atom stereocenters. The van der Waals surface area contributed by atoms with Crippen LogP contribution in [-0.4, -0.2) is 61.1 Å². The summed E-state index contributed by atoms with van der Waals surface area (Å²) in [5.41, 5.74) is 0.0990. The molecular formula is C30H35F2N7O4. The van der Waals surface area contributed by atoms with Crippen LogP contribution in [0.3, 0.4) is 0 Å². The summed E-state index contributed by atoms with van der Waals surface area (Å²) in [6, 6.07) is 9.91. The lowest BCUT2D eigenvalue weighted by Crippen LogP contribution is -2.42. The first kappa shape index (κ1) is 31.2. The van der Waals surface area contributed by atoms with E-state index in [-0.39, 0.29) is 28.7 Å². The van der Waals surface area contributed by atoms with Crippen molar-refractivity contribution >= 4 is 29.2 Å². The maximum Gasteiger partial charge on any atom is 0.407 e. The summed E-state index contributed by atoms with van der Waals surface area (Å²) in [6.07, 6.45) is 0.770. The molecule has 3 heterocycles. The van der Waals surface area contributed by atoms with Gasteiger partial charge in [-0.05, 0) is 51.5 Å². The van der Waals surface area contributed by atoms with Gasteiger partial charge in [-0.3, -0.25) is 0 Å². The summed E-state index contributed by atoms with van der Waals surface area (Å²) >= 11 is 0. The van der Waals surface area contributed by atoms with Crippen LogP contribution in [0.15, 0.2) is 42.6 Å². The number of ether oxygens (including phenoxy) is 3. The van der Waals surface area contributed by atoms with Crippen molar-refractivity contribution in [3.8, 4) is 11.8 Å². The van der Waals surface area contributed by atoms with Crippen molar-refractivity contribution in [2.45, 2.75) is 45.4 Å². The predicted molar refractivity (Wildman–Crippen MR) is 158 cm³/mol. The number of hydrogen-bond donors (Lipinski definition) is 3. The molecule has 1 aliphatic rings. The number of anilines is 4. The van der Waals surface area contributed by atoms with Gasteiger partial charge < -0.3 is 35.1 Å². The van der Waals surface area contributed by atoms with Crippen LogP contribution in [0.4, 0.5) is 36.7 Å². The van der Waals surface area contributed by atoms with E-state index >= 15 is 4.39 Å². The van der Waals surface area contributed by atoms with Crippen LogP contribution < -0.4 is 25.6 Å². The molecule has 0 saturated carbocycles. The number of alkyl carbamates (subject to hydrolysis) is 1. The van der Waals surface area contributed by atoms with Gasteiger partial charge in [-0.2, -0.15) is 5.26 Å². The van der Waals surface area contributed by atoms with E-state index in [9.17, 15) is 14.4 Å². The number of carbonyl (C=O) groups is 1. The van der Waals surface area contributed by atoms with Crippen molar-refractivity contribution in [2.24, 2.45) is 0 Å². The third kappa shape index (κ3) is 8.20. The number of benzene rings is 1. The minimum atomic E-state index is -0.794. The van der Waals surface area contributed by atoms with Crippen molar-refractivity contribution in [1.82, 2.24) is 15.3 Å². The molecule has 4 rings (SSSR count). The minimum Gasteiger partial charge on any atom is -0.497 e. The molecule has 2 atom stereocenters. The quantitative estimate of drug-likeness (QED) is 0.300. The smallest absolute Gasteiger partial charge is 0.407 e. The minimum absolute atomic E-state index is 0.00652. The summed E-state index contributed by atoms with van der Waals surface area (Å²) in [4.78, 5) is 22.9. The standard InChI is InChI=1S/C30H35F2N7O4/c1-18(35-29(40)43-30(2,3)4)25(19-6-8-22(41-5)9-7-19)37-27-23(31)14-20(16-33)26(38-27)36-21-15-24(32)28(34-17-21)39-10-12-42-13-11-39/h6-9,14-15,17-18,25H,10-13H2,1-5H3,(H,35,40)(H2,36,37,38)/t18-,25-/m0/s1. The van der Waals surface area contributed by atoms with E-state index in [1.165, 1.54) is 12.3 Å². The molecule has 13 heteroatoms. The molecule has 3 aromatic rings. The van der Waals surface area contributed by atoms with Crippen molar-refractivity contribution in [3.63, 3.8) is 0 Å². The number of nitriles is 1. The Morgan fingerprint density at radius 1 is 1.12 bits per heavy atom. The number of methoxy groups -OCH3 is 1. The fourth-order valence-electron chi connectivity index (χ4n) is 4.45. The zero-order valence-corrected chi connectivity index (χ0v) is 24.7. The monoisotopic (exact) mass is 595 g/mol. The highest BCUT2D eigenvalue weighted by molar-refractivity contribution is 5.69. The maximum atomic E-state index is 15.3. The number of pyridine rings is 2. The van der Waals surface area contributed by atoms with Gasteiger partial charge in [-0.1, -0.05) is 12.1 Å². The van der Waals surface area contributed by atoms with Crippen LogP contribution in [0.25, 0.3) is 0 Å². The van der Waals surface area contributed by atoms with E-state index < -0.39 is 35.4 Å². The van der Waals surface area contributed by atoms with Crippen LogP contribution in [0, 0.1) is 23.0 Å². The van der Waals surface area contributed by atoms with Crippen molar-refractivity contribution in [1.29, 1.82) is 5.26 Å². The largest absolute Gasteiger partial charge is 0.497 e. The number of nitrogens with one attached hydrogen (secondary N) is 3. The van der Waals surface area contributed by atoms with Gasteiger partial charge in [0, 0.05) is 19.2 Å². The first-order valence-electron chi connectivity index (χ1n) is 13.7. The third-order valence-electron chi connectivity index (χ3n) is 6.50. The fraction of sp³-hybridized carbons (Fsp3) is 0.400. The molecule has 11 nitrogen and oxygen atoms in total. The van der Waals surface area contributed by atoms with Gasteiger partial charge in [-0.25, -0.2) is 23.5 Å². The van der Waals surface area contributed by atoms with Crippen molar-refractivity contribution in [2.75, 3.05) is 48.9 Å². The van der Waals surface area contributed by atoms with Gasteiger partial charge >= 0.3 is 6.09 Å². The average Bonchev–Trinajstić information content (AvgIpc) is 2.96. The summed E-state index contributed by atoms with van der Waals surface area (Å²) in [6.45, 7) is 8.96. The lowest BCUT2D eigenvalue weighted by Gasteiger charge is -2.29. The molecule has 1 aliphatic heterocycles. The van der Waals surface area contributed by atoms with E-state index in [0.29, 0.717) is 37.6 Å². The zero-order valence-electron chi connectivity index (χ0n) is 24.7. The Bertz CT molecular complexity index is 1470. The van der Waals surface area contributed by atoms with E-state index in [0.717, 1.165) is 6.07 Å². The summed E-state index contributed by atoms with van der Waals surface area (Å²) < 4.78 is 46.2. The van der Waals surface area contributed by atoms with Crippen LogP contribution in [0.2, 0.25) is 0 Å². The fourth-order valence-corrected chi connectivity index (χ4v) is 4.45. The Morgan fingerprint density at radius 3 is 2.42 bits per heavy atom. The Balaban J connectivity index is 1.62. The van der Waals surface area contributed by atoms with Crippen LogP contribution >= 0.6 is 0 Å². The molecule has 1 aromatic carbocycles. The number of rotatable bonds is 9. The zero-order chi connectivity index (χ0) is 31.1. The SMILES string of the molecule is COc1ccc([C@@H](Nc2nc(Nc3cnc(N4CCOCC4)c(F)c3)c(C#N)cc2F)[C@H](C)NC(=O)OC(C)(C)C)cc1. The number of amides is 1. The van der Waals surface area contributed by atoms with Crippen LogP contribution in [0.5, 0.6) is 5.75 Å². The summed E-state index contributed by atoms with van der Waals surface area (Å²) in [5, 5.41) is 18.4. The molecule has 0 aliphatic carbocycles. The van der Waals surface area contributed by atoms with Gasteiger partial charge in [0.15, 0.2) is 29.1 Å². The molecular weight excluding hydrogens is 560 g/mol. The number of halogens is 2. The van der Waals surface area contributed by atoms with Crippen LogP contribution in [-0.2, 0) is 9.47 Å². The Morgan fingerprint density at radius 2 is 1.81 bits per heavy atom. The number of carbonyl (C=O) groups excluding carboxylic acids is 1. The molecule has 43 heavy (non-hydrogen) atoms. The normalized spacial score (nSPS) is 14.7. The van der Waals surface area contributed by atoms with E-state index in [1.807, 2.05) is 6.07 Å². The predicted octanol–water partition coefficient (Wildman–Crippen LogP) is 5.28. The van der Waals surface area contributed by atoms with Gasteiger partial charge in [0.2, 0.25) is 0 Å². The molecule has 1 saturated heterocycles. The highest BCUT2D eigenvalue weighted by Crippen LogP contribution is 2.30. The van der Waals surface area contributed by atoms with E-state index in [2.05, 4.69) is 25.9 Å². The highest BCUT2D eigenvalue weighted by Gasteiger charge is 2.26. The lowest BCUT2D eigenvalue weighted by atomic mass is 10.00. The summed E-state index contributed by atoms with van der Waals surface area (Å²) in [7, 11) is 1.54. The Labute approximate surface area is 249 Å². The molecule has 1 amide bonds. The highest BCUT2D eigenvalue weighted by atomic mass is 19.1. The number of hydrogen-bond acceptors (Lipinski definition) is 10. The molecule has 3 N–H and O–H groups in total. The second-order valence-corrected chi connectivity index (χ2v) is 10.9. The van der Waals surface area contributed by atoms with Gasteiger partial charge in [-0.15, -0.1) is 0 Å². The topological polar surface area (TPSA) is 134 Å². The maximum absolute atomic E-state index is 15.3. The molecule has 0 spiro atoms. The Kier molecular flexibility index (Phi) is 9.82. The molecule has 2 aromatic heterocycles. The van der Waals surface area contributed by atoms with Gasteiger partial charge in [0.05, 0.1) is 49.9 Å². The lowest BCUT2D eigenvalue weighted by molar-refractivity contribution is 0.0503. The number of aromatic nitrogens is 2. The van der Waals surface area contributed by atoms with Crippen LogP contribution in [0.1, 0.15) is 44.9 Å². The van der Waals surface area contributed by atoms with E-state index in [4.69, 9.17) is 14.2 Å². The van der Waals surface area contributed by atoms with Crippen molar-refractivity contribution < 1.29 is 27.8 Å². The number of morpholine rings is 1. The van der Waals surface area contributed by atoms with Gasteiger partial charge in [0.1, 0.15) is 17.4 Å². The first-order valence-corrected chi connectivity index (χ1v) is 13.7. The second kappa shape index (κ2) is 13.5. The summed E-state index contributed by atoms with van der Waals surface area (Å²) in [5.74, 6) is -0.751. The second-order valence-electron chi connectivity index (χ2n) is 10.9. The molecule has 228 valence electrons. The number of nitrogens with zero attached hydrogens (tertiary/aromatic N) is 4. The average molecular weight is 596 g/mol. The molecule has 0 bridgehead atoms. The van der Waals surface area contributed by atoms with E-state index in [1.54, 1.807) is 64.0 Å². The Hall–Kier alpha value is -4.70. The van der Waals surface area contributed by atoms with Crippen molar-refractivity contribution in [3.05, 3.63) is 65.4 Å².